The van der Waals surface area contributed by atoms with Crippen molar-refractivity contribution in [2.45, 2.75) is 6.92 Å². The molecule has 2 aromatic rings. The van der Waals surface area contributed by atoms with Crippen LogP contribution in [0.15, 0.2) is 30.3 Å². The van der Waals surface area contributed by atoms with Gasteiger partial charge in [-0.05, 0) is 30.7 Å². The number of rotatable bonds is 2. The van der Waals surface area contributed by atoms with E-state index in [1.807, 2.05) is 6.92 Å². The highest BCUT2D eigenvalue weighted by Crippen LogP contribution is 2.32. The molecule has 0 saturated carbocycles. The summed E-state index contributed by atoms with van der Waals surface area (Å²) in [4.78, 5) is 0. The summed E-state index contributed by atoms with van der Waals surface area (Å²) < 4.78 is 18.6. The third-order valence-corrected chi connectivity index (χ3v) is 3.03. The van der Waals surface area contributed by atoms with Crippen LogP contribution in [0, 0.1) is 12.7 Å². The molecule has 0 spiro atoms. The minimum absolute atomic E-state index is 0.00620. The highest BCUT2D eigenvalue weighted by Gasteiger charge is 2.07. The number of hydrogen-bond donors (Lipinski definition) is 1. The number of benzene rings is 2. The molecule has 0 aliphatic rings. The fraction of sp³-hybridized carbons (Fsp3) is 0.0769. The average Bonchev–Trinajstić information content (AvgIpc) is 2.31. The molecule has 0 fully saturated rings. The second-order valence-corrected chi connectivity index (χ2v) is 4.63. The normalized spacial score (nSPS) is 10.4. The van der Waals surface area contributed by atoms with Gasteiger partial charge in [0.2, 0.25) is 0 Å². The SMILES string of the molecule is Cc1cc(N)c(Cl)cc1Oc1ccc(F)c(Cl)c1. The fourth-order valence-corrected chi connectivity index (χ4v) is 1.79. The highest BCUT2D eigenvalue weighted by molar-refractivity contribution is 6.33. The first-order valence-corrected chi connectivity index (χ1v) is 5.91. The molecule has 0 aliphatic heterocycles. The number of nitrogen functional groups attached to an aromatic ring is 1. The maximum absolute atomic E-state index is 13.0. The fourth-order valence-electron chi connectivity index (χ4n) is 1.46. The minimum atomic E-state index is -0.490. The van der Waals surface area contributed by atoms with Crippen LogP contribution in [0.5, 0.6) is 11.5 Å². The Morgan fingerprint density at radius 3 is 2.50 bits per heavy atom. The zero-order chi connectivity index (χ0) is 13.3. The average molecular weight is 286 g/mol. The van der Waals surface area contributed by atoms with Gasteiger partial charge in [0.25, 0.3) is 0 Å². The third kappa shape index (κ3) is 2.68. The third-order valence-electron chi connectivity index (χ3n) is 2.41. The van der Waals surface area contributed by atoms with E-state index in [1.54, 1.807) is 12.1 Å². The van der Waals surface area contributed by atoms with Gasteiger partial charge in [0.05, 0.1) is 15.7 Å². The largest absolute Gasteiger partial charge is 0.457 e. The van der Waals surface area contributed by atoms with Crippen LogP contribution in [-0.2, 0) is 0 Å². The molecule has 0 radical (unpaired) electrons. The van der Waals surface area contributed by atoms with Gasteiger partial charge in [-0.3, -0.25) is 0 Å². The molecule has 0 saturated heterocycles. The molecule has 5 heteroatoms. The van der Waals surface area contributed by atoms with Crippen LogP contribution in [0.25, 0.3) is 0 Å². The molecule has 0 heterocycles. The molecule has 2 rings (SSSR count). The molecule has 94 valence electrons. The summed E-state index contributed by atoms with van der Waals surface area (Å²) in [6, 6.07) is 7.46. The molecule has 2 N–H and O–H groups in total. The molecule has 0 aromatic heterocycles. The molecule has 18 heavy (non-hydrogen) atoms. The molecular weight excluding hydrogens is 276 g/mol. The summed E-state index contributed by atoms with van der Waals surface area (Å²) >= 11 is 11.6. The van der Waals surface area contributed by atoms with Gasteiger partial charge in [0.15, 0.2) is 0 Å². The topological polar surface area (TPSA) is 35.2 Å². The van der Waals surface area contributed by atoms with Crippen LogP contribution in [0.1, 0.15) is 5.56 Å². The Hall–Kier alpha value is -1.45. The van der Waals surface area contributed by atoms with E-state index >= 15 is 0 Å². The van der Waals surface area contributed by atoms with Gasteiger partial charge in [-0.15, -0.1) is 0 Å². The zero-order valence-electron chi connectivity index (χ0n) is 9.51. The number of hydrogen-bond acceptors (Lipinski definition) is 2. The lowest BCUT2D eigenvalue weighted by Gasteiger charge is -2.10. The van der Waals surface area contributed by atoms with Crippen molar-refractivity contribution in [2.24, 2.45) is 0 Å². The highest BCUT2D eigenvalue weighted by atomic mass is 35.5. The van der Waals surface area contributed by atoms with Crippen molar-refractivity contribution in [3.63, 3.8) is 0 Å². The van der Waals surface area contributed by atoms with Crippen LogP contribution in [-0.4, -0.2) is 0 Å². The molecular formula is C13H10Cl2FNO. The molecule has 2 nitrogen and oxygen atoms in total. The smallest absolute Gasteiger partial charge is 0.142 e. The van der Waals surface area contributed by atoms with E-state index in [4.69, 9.17) is 33.7 Å². The summed E-state index contributed by atoms with van der Waals surface area (Å²) in [7, 11) is 0. The monoisotopic (exact) mass is 285 g/mol. The maximum atomic E-state index is 13.0. The van der Waals surface area contributed by atoms with Crippen molar-refractivity contribution in [2.75, 3.05) is 5.73 Å². The Balaban J connectivity index is 2.34. The molecule has 0 aliphatic carbocycles. The van der Waals surface area contributed by atoms with Crippen molar-refractivity contribution >= 4 is 28.9 Å². The van der Waals surface area contributed by atoms with Gasteiger partial charge in [-0.25, -0.2) is 4.39 Å². The van der Waals surface area contributed by atoms with E-state index in [0.29, 0.717) is 22.2 Å². The van der Waals surface area contributed by atoms with Gasteiger partial charge < -0.3 is 10.5 Å². The van der Waals surface area contributed by atoms with E-state index in [2.05, 4.69) is 0 Å². The Morgan fingerprint density at radius 1 is 1.11 bits per heavy atom. The summed E-state index contributed by atoms with van der Waals surface area (Å²) in [6.07, 6.45) is 0. The summed E-state index contributed by atoms with van der Waals surface area (Å²) in [5.41, 5.74) is 6.98. The molecule has 0 bridgehead atoms. The first kappa shape index (κ1) is 13.0. The first-order chi connectivity index (χ1) is 8.47. The van der Waals surface area contributed by atoms with Gasteiger partial charge >= 0.3 is 0 Å². The number of halogens is 3. The van der Waals surface area contributed by atoms with E-state index in [0.717, 1.165) is 5.56 Å². The molecule has 0 unspecified atom stereocenters. The van der Waals surface area contributed by atoms with Gasteiger partial charge in [0.1, 0.15) is 17.3 Å². The van der Waals surface area contributed by atoms with Gasteiger partial charge in [-0.1, -0.05) is 23.2 Å². The van der Waals surface area contributed by atoms with Crippen molar-refractivity contribution < 1.29 is 9.13 Å². The first-order valence-electron chi connectivity index (χ1n) is 5.16. The lowest BCUT2D eigenvalue weighted by Crippen LogP contribution is -1.92. The van der Waals surface area contributed by atoms with Crippen LogP contribution in [0.4, 0.5) is 10.1 Å². The van der Waals surface area contributed by atoms with Crippen LogP contribution < -0.4 is 10.5 Å². The van der Waals surface area contributed by atoms with E-state index < -0.39 is 5.82 Å². The Bertz CT molecular complexity index is 602. The second-order valence-electron chi connectivity index (χ2n) is 3.82. The Labute approximate surface area is 114 Å². The predicted octanol–water partition coefficient (Wildman–Crippen LogP) is 4.82. The number of anilines is 1. The van der Waals surface area contributed by atoms with Crippen LogP contribution in [0.3, 0.4) is 0 Å². The van der Waals surface area contributed by atoms with E-state index in [9.17, 15) is 4.39 Å². The number of aryl methyl sites for hydroxylation is 1. The summed E-state index contributed by atoms with van der Waals surface area (Å²) in [6.45, 7) is 1.84. The predicted molar refractivity (Wildman–Crippen MR) is 72.1 cm³/mol. The molecule has 0 atom stereocenters. The Kier molecular flexibility index (Phi) is 3.64. The lowest BCUT2D eigenvalue weighted by molar-refractivity contribution is 0.477. The van der Waals surface area contributed by atoms with Crippen molar-refractivity contribution in [1.82, 2.24) is 0 Å². The van der Waals surface area contributed by atoms with Crippen molar-refractivity contribution in [3.05, 3.63) is 51.8 Å². The van der Waals surface area contributed by atoms with Crippen molar-refractivity contribution in [3.8, 4) is 11.5 Å². The zero-order valence-corrected chi connectivity index (χ0v) is 11.0. The standard InChI is InChI=1S/C13H10Cl2FNO/c1-7-4-12(17)10(15)6-13(7)18-8-2-3-11(16)9(14)5-8/h2-6H,17H2,1H3. The van der Waals surface area contributed by atoms with Gasteiger partial charge in [0, 0.05) is 12.1 Å². The van der Waals surface area contributed by atoms with Crippen LogP contribution >= 0.6 is 23.2 Å². The second kappa shape index (κ2) is 5.04. The quantitative estimate of drug-likeness (QED) is 0.803. The minimum Gasteiger partial charge on any atom is -0.457 e. The maximum Gasteiger partial charge on any atom is 0.142 e. The lowest BCUT2D eigenvalue weighted by atomic mass is 10.2. The molecule has 2 aromatic carbocycles. The summed E-state index contributed by atoms with van der Waals surface area (Å²) in [5, 5.41) is 0.413. The molecule has 0 amide bonds. The van der Waals surface area contributed by atoms with Crippen molar-refractivity contribution in [1.29, 1.82) is 0 Å². The number of ether oxygens (including phenoxy) is 1. The summed E-state index contributed by atoms with van der Waals surface area (Å²) in [5.74, 6) is 0.498. The number of nitrogens with two attached hydrogens (primary N) is 1. The van der Waals surface area contributed by atoms with Gasteiger partial charge in [-0.2, -0.15) is 0 Å². The van der Waals surface area contributed by atoms with E-state index in [-0.39, 0.29) is 5.02 Å². The van der Waals surface area contributed by atoms with Crippen LogP contribution in [0.2, 0.25) is 10.0 Å². The van der Waals surface area contributed by atoms with E-state index in [1.165, 1.54) is 18.2 Å². The Morgan fingerprint density at radius 2 is 1.83 bits per heavy atom.